The first-order valence-corrected chi connectivity index (χ1v) is 9.24. The molecule has 0 fully saturated rings. The normalized spacial score (nSPS) is 13.3. The van der Waals surface area contributed by atoms with E-state index in [0.29, 0.717) is 23.0 Å². The standard InChI is InChI=1S/C20H19N7O2/c1-29-16-10-14(9-15(28)11-16)23-20-24-19-18(22-6-8-27(19)25-20)26-7-4-17-13(12-26)3-2-5-21-17/h2-3,5-6,8-11,28H,4,7,12H2,1H3,(H,23,25). The third-order valence-corrected chi connectivity index (χ3v) is 4.88. The van der Waals surface area contributed by atoms with Gasteiger partial charge in [-0.15, -0.1) is 5.10 Å². The molecular formula is C20H19N7O2. The Morgan fingerprint density at radius 1 is 1.17 bits per heavy atom. The number of phenols is 1. The van der Waals surface area contributed by atoms with Crippen LogP contribution in [0.1, 0.15) is 11.3 Å². The molecule has 1 aliphatic rings. The highest BCUT2D eigenvalue weighted by Gasteiger charge is 2.21. The maximum absolute atomic E-state index is 9.85. The number of phenolic OH excluding ortho intramolecular Hbond substituents is 1. The Morgan fingerprint density at radius 3 is 3.00 bits per heavy atom. The largest absolute Gasteiger partial charge is 0.508 e. The molecule has 1 aromatic carbocycles. The lowest BCUT2D eigenvalue weighted by atomic mass is 10.1. The van der Waals surface area contributed by atoms with Gasteiger partial charge in [0.2, 0.25) is 5.95 Å². The Balaban J connectivity index is 1.47. The summed E-state index contributed by atoms with van der Waals surface area (Å²) in [5, 5.41) is 17.5. The predicted molar refractivity (Wildman–Crippen MR) is 108 cm³/mol. The first-order valence-electron chi connectivity index (χ1n) is 9.24. The van der Waals surface area contributed by atoms with Crippen molar-refractivity contribution in [3.63, 3.8) is 0 Å². The van der Waals surface area contributed by atoms with Crippen LogP contribution in [0.15, 0.2) is 48.9 Å². The van der Waals surface area contributed by atoms with Gasteiger partial charge in [0.05, 0.1) is 7.11 Å². The Hall–Kier alpha value is -3.88. The summed E-state index contributed by atoms with van der Waals surface area (Å²) in [6, 6.07) is 8.94. The molecule has 0 saturated carbocycles. The highest BCUT2D eigenvalue weighted by atomic mass is 16.5. The van der Waals surface area contributed by atoms with Gasteiger partial charge in [0.1, 0.15) is 11.5 Å². The lowest BCUT2D eigenvalue weighted by Gasteiger charge is -2.28. The number of anilines is 3. The summed E-state index contributed by atoms with van der Waals surface area (Å²) >= 11 is 0. The van der Waals surface area contributed by atoms with E-state index in [1.54, 1.807) is 36.2 Å². The molecule has 29 heavy (non-hydrogen) atoms. The summed E-state index contributed by atoms with van der Waals surface area (Å²) in [6.07, 6.45) is 6.18. The number of nitrogens with zero attached hydrogens (tertiary/aromatic N) is 6. The number of ether oxygens (including phenoxy) is 1. The van der Waals surface area contributed by atoms with Crippen LogP contribution in [0, 0.1) is 0 Å². The van der Waals surface area contributed by atoms with Gasteiger partial charge in [-0.25, -0.2) is 9.50 Å². The molecule has 0 unspecified atom stereocenters. The molecule has 3 aromatic heterocycles. The van der Waals surface area contributed by atoms with Crippen LogP contribution < -0.4 is 15.0 Å². The minimum atomic E-state index is 0.0959. The van der Waals surface area contributed by atoms with E-state index in [2.05, 4.69) is 36.3 Å². The predicted octanol–water partition coefficient (Wildman–Crippen LogP) is 2.54. The molecule has 0 amide bonds. The van der Waals surface area contributed by atoms with Gasteiger partial charge in [-0.05, 0) is 11.6 Å². The van der Waals surface area contributed by atoms with Crippen LogP contribution in [0.4, 0.5) is 17.5 Å². The van der Waals surface area contributed by atoms with Gasteiger partial charge < -0.3 is 20.1 Å². The van der Waals surface area contributed by atoms with E-state index in [9.17, 15) is 5.11 Å². The van der Waals surface area contributed by atoms with E-state index in [1.165, 1.54) is 11.6 Å². The van der Waals surface area contributed by atoms with Gasteiger partial charge in [0.25, 0.3) is 0 Å². The first kappa shape index (κ1) is 17.2. The zero-order chi connectivity index (χ0) is 19.8. The second-order valence-electron chi connectivity index (χ2n) is 6.78. The lowest BCUT2D eigenvalue weighted by Crippen LogP contribution is -2.32. The van der Waals surface area contributed by atoms with Crippen LogP contribution in [0.2, 0.25) is 0 Å². The topological polar surface area (TPSA) is 101 Å². The summed E-state index contributed by atoms with van der Waals surface area (Å²) in [5.41, 5.74) is 3.63. The summed E-state index contributed by atoms with van der Waals surface area (Å²) in [7, 11) is 1.55. The number of nitrogens with one attached hydrogen (secondary N) is 1. The average molecular weight is 389 g/mol. The Labute approximate surface area is 166 Å². The third-order valence-electron chi connectivity index (χ3n) is 4.88. The second-order valence-corrected chi connectivity index (χ2v) is 6.78. The maximum Gasteiger partial charge on any atom is 0.247 e. The number of benzene rings is 1. The van der Waals surface area contributed by atoms with E-state index in [0.717, 1.165) is 31.0 Å². The molecule has 9 heteroatoms. The van der Waals surface area contributed by atoms with E-state index < -0.39 is 0 Å². The molecule has 0 aliphatic carbocycles. The van der Waals surface area contributed by atoms with Crippen molar-refractivity contribution in [2.75, 3.05) is 23.9 Å². The molecule has 146 valence electrons. The van der Waals surface area contributed by atoms with Crippen molar-refractivity contribution in [1.29, 1.82) is 0 Å². The van der Waals surface area contributed by atoms with Gasteiger partial charge in [-0.3, -0.25) is 4.98 Å². The van der Waals surface area contributed by atoms with Crippen LogP contribution in [-0.4, -0.2) is 43.3 Å². The van der Waals surface area contributed by atoms with E-state index in [4.69, 9.17) is 4.74 Å². The van der Waals surface area contributed by atoms with E-state index >= 15 is 0 Å². The van der Waals surface area contributed by atoms with Crippen LogP contribution in [-0.2, 0) is 13.0 Å². The molecule has 0 radical (unpaired) electrons. The summed E-state index contributed by atoms with van der Waals surface area (Å²) in [5.74, 6) is 1.82. The molecule has 2 N–H and O–H groups in total. The van der Waals surface area contributed by atoms with Crippen molar-refractivity contribution in [2.45, 2.75) is 13.0 Å². The number of hydrogen-bond donors (Lipinski definition) is 2. The molecule has 5 rings (SSSR count). The quantitative estimate of drug-likeness (QED) is 0.549. The second kappa shape index (κ2) is 6.93. The van der Waals surface area contributed by atoms with Crippen molar-refractivity contribution in [3.8, 4) is 11.5 Å². The van der Waals surface area contributed by atoms with Crippen LogP contribution >= 0.6 is 0 Å². The zero-order valence-corrected chi connectivity index (χ0v) is 15.8. The fraction of sp³-hybridized carbons (Fsp3) is 0.200. The van der Waals surface area contributed by atoms with Crippen molar-refractivity contribution in [2.24, 2.45) is 0 Å². The smallest absolute Gasteiger partial charge is 0.247 e. The van der Waals surface area contributed by atoms with Gasteiger partial charge in [0.15, 0.2) is 11.5 Å². The Bertz CT molecular complexity index is 1190. The van der Waals surface area contributed by atoms with Crippen molar-refractivity contribution < 1.29 is 9.84 Å². The minimum absolute atomic E-state index is 0.0959. The average Bonchev–Trinajstić information content (AvgIpc) is 3.15. The monoisotopic (exact) mass is 389 g/mol. The summed E-state index contributed by atoms with van der Waals surface area (Å²) in [4.78, 5) is 15.8. The highest BCUT2D eigenvalue weighted by molar-refractivity contribution is 5.68. The third kappa shape index (κ3) is 3.27. The summed E-state index contributed by atoms with van der Waals surface area (Å²) < 4.78 is 6.89. The van der Waals surface area contributed by atoms with Crippen LogP contribution in [0.3, 0.4) is 0 Å². The minimum Gasteiger partial charge on any atom is -0.508 e. The molecule has 0 atom stereocenters. The number of hydrogen-bond acceptors (Lipinski definition) is 8. The molecule has 4 aromatic rings. The Morgan fingerprint density at radius 2 is 2.10 bits per heavy atom. The number of aromatic hydroxyl groups is 1. The number of pyridine rings is 1. The highest BCUT2D eigenvalue weighted by Crippen LogP contribution is 2.28. The Kier molecular flexibility index (Phi) is 4.12. The van der Waals surface area contributed by atoms with E-state index in [-0.39, 0.29) is 5.75 Å². The van der Waals surface area contributed by atoms with Gasteiger partial charge in [-0.1, -0.05) is 6.07 Å². The molecule has 0 spiro atoms. The first-order chi connectivity index (χ1) is 14.2. The van der Waals surface area contributed by atoms with Gasteiger partial charge in [0, 0.05) is 67.7 Å². The van der Waals surface area contributed by atoms with Gasteiger partial charge in [-0.2, -0.15) is 4.98 Å². The molecule has 4 heterocycles. The fourth-order valence-corrected chi connectivity index (χ4v) is 3.53. The van der Waals surface area contributed by atoms with Gasteiger partial charge >= 0.3 is 0 Å². The zero-order valence-electron chi connectivity index (χ0n) is 15.8. The summed E-state index contributed by atoms with van der Waals surface area (Å²) in [6.45, 7) is 1.55. The SMILES string of the molecule is COc1cc(O)cc(Nc2nc3c(N4CCc5ncccc5C4)nccn3n2)c1. The van der Waals surface area contributed by atoms with Crippen LogP contribution in [0.5, 0.6) is 11.5 Å². The molecule has 1 aliphatic heterocycles. The lowest BCUT2D eigenvalue weighted by molar-refractivity contribution is 0.408. The molecule has 9 nitrogen and oxygen atoms in total. The maximum atomic E-state index is 9.85. The molecule has 0 saturated heterocycles. The number of methoxy groups -OCH3 is 1. The number of fused-ring (bicyclic) bond motifs is 2. The van der Waals surface area contributed by atoms with Crippen molar-refractivity contribution >= 4 is 23.1 Å². The molecule has 0 bridgehead atoms. The van der Waals surface area contributed by atoms with Crippen LogP contribution in [0.25, 0.3) is 5.65 Å². The van der Waals surface area contributed by atoms with E-state index in [1.807, 2.05) is 12.3 Å². The van der Waals surface area contributed by atoms with Crippen molar-refractivity contribution in [3.05, 3.63) is 60.2 Å². The fourth-order valence-electron chi connectivity index (χ4n) is 3.53. The van der Waals surface area contributed by atoms with Crippen molar-refractivity contribution in [1.82, 2.24) is 24.6 Å². The number of rotatable bonds is 4. The molecular weight excluding hydrogens is 370 g/mol. The number of aromatic nitrogens is 5.